The van der Waals surface area contributed by atoms with Crippen molar-refractivity contribution < 1.29 is 23.6 Å². The van der Waals surface area contributed by atoms with Crippen LogP contribution in [0.4, 0.5) is 9.18 Å². The first kappa shape index (κ1) is 22.6. The fraction of sp³-hybridized carbons (Fsp3) is 0.556. The van der Waals surface area contributed by atoms with Gasteiger partial charge in [-0.2, -0.15) is 0 Å². The summed E-state index contributed by atoms with van der Waals surface area (Å²) in [6.45, 7) is 6.68. The maximum atomic E-state index is 14.3. The normalized spacial score (nSPS) is 14.9. The van der Waals surface area contributed by atoms with Crippen molar-refractivity contribution in [3.05, 3.63) is 35.4 Å². The molecular weight excluding hydrogens is 454 g/mol. The lowest BCUT2D eigenvalue weighted by molar-refractivity contribution is -0.169. The number of carbonyl (C=O) groups is 2. The molecule has 0 aromatic heterocycles. The second-order valence-corrected chi connectivity index (χ2v) is 9.02. The van der Waals surface area contributed by atoms with Gasteiger partial charge in [0.05, 0.1) is 19.6 Å². The van der Waals surface area contributed by atoms with E-state index in [-0.39, 0.29) is 12.3 Å². The zero-order valence-corrected chi connectivity index (χ0v) is 18.1. The third kappa shape index (κ3) is 7.45. The molecule has 0 aliphatic carbocycles. The highest BCUT2D eigenvalue weighted by Gasteiger charge is 2.26. The molecule has 2 atom stereocenters. The van der Waals surface area contributed by atoms with E-state index in [9.17, 15) is 14.0 Å². The highest BCUT2D eigenvalue weighted by atomic mass is 127. The van der Waals surface area contributed by atoms with Crippen LogP contribution in [-0.4, -0.2) is 36.8 Å². The smallest absolute Gasteiger partial charge is 0.408 e. The molecule has 0 spiro atoms. The summed E-state index contributed by atoms with van der Waals surface area (Å²) in [7, 11) is 2.85. The Hall–Kier alpha value is -1.42. The van der Waals surface area contributed by atoms with Crippen LogP contribution in [0.2, 0.25) is 0 Å². The van der Waals surface area contributed by atoms with Crippen molar-refractivity contribution >= 4 is 34.6 Å². The Balaban J connectivity index is 3.11. The molecule has 26 heavy (non-hydrogen) atoms. The Morgan fingerprint density at radius 1 is 1.31 bits per heavy atom. The summed E-state index contributed by atoms with van der Waals surface area (Å²) in [4.78, 5) is 29.3. The zero-order valence-electron chi connectivity index (χ0n) is 15.9. The molecule has 0 aliphatic heterocycles. The molecule has 8 heteroatoms. The van der Waals surface area contributed by atoms with Crippen molar-refractivity contribution in [3.63, 3.8) is 0 Å². The minimum atomic E-state index is -1.57. The highest BCUT2D eigenvalue weighted by molar-refractivity contribution is 14.1. The van der Waals surface area contributed by atoms with E-state index in [4.69, 9.17) is 9.57 Å². The molecule has 0 fully saturated rings. The number of amides is 2. The van der Waals surface area contributed by atoms with Gasteiger partial charge in [0.2, 0.25) is 5.91 Å². The Morgan fingerprint density at radius 2 is 1.92 bits per heavy atom. The molecule has 6 nitrogen and oxygen atoms in total. The lowest BCUT2D eigenvalue weighted by Gasteiger charge is -2.25. The number of hydroxylamine groups is 2. The van der Waals surface area contributed by atoms with Crippen molar-refractivity contribution in [2.75, 3.05) is 14.2 Å². The van der Waals surface area contributed by atoms with E-state index >= 15 is 0 Å². The number of rotatable bonds is 6. The van der Waals surface area contributed by atoms with Gasteiger partial charge in [-0.05, 0) is 67.5 Å². The molecule has 0 saturated carbocycles. The third-order valence-electron chi connectivity index (χ3n) is 3.49. The first-order chi connectivity index (χ1) is 11.8. The SMILES string of the molecule is CON(C)C(=O)CC(NC(=O)OC(C)(C)C)c1cccc(C(C)(F)I)c1. The van der Waals surface area contributed by atoms with Gasteiger partial charge in [-0.1, -0.05) is 18.2 Å². The van der Waals surface area contributed by atoms with Crippen molar-refractivity contribution in [2.45, 2.75) is 49.4 Å². The molecule has 0 radical (unpaired) electrons. The number of halogens is 2. The summed E-state index contributed by atoms with van der Waals surface area (Å²) in [6.07, 6.45) is -0.713. The summed E-state index contributed by atoms with van der Waals surface area (Å²) >= 11 is 1.69. The highest BCUT2D eigenvalue weighted by Crippen LogP contribution is 2.34. The van der Waals surface area contributed by atoms with E-state index in [0.717, 1.165) is 5.06 Å². The number of carbonyl (C=O) groups excluding carboxylic acids is 2. The van der Waals surface area contributed by atoms with E-state index in [1.807, 2.05) is 0 Å². The number of hydrogen-bond donors (Lipinski definition) is 1. The van der Waals surface area contributed by atoms with Crippen molar-refractivity contribution in [2.24, 2.45) is 0 Å². The quantitative estimate of drug-likeness (QED) is 0.376. The average Bonchev–Trinajstić information content (AvgIpc) is 2.50. The van der Waals surface area contributed by atoms with Crippen LogP contribution in [-0.2, 0) is 18.0 Å². The number of hydrogen-bond acceptors (Lipinski definition) is 4. The zero-order chi connectivity index (χ0) is 20.1. The number of alkyl halides is 2. The lowest BCUT2D eigenvalue weighted by atomic mass is 9.99. The average molecular weight is 480 g/mol. The Bertz CT molecular complexity index is 641. The molecular formula is C18H26FIN2O4. The van der Waals surface area contributed by atoms with Gasteiger partial charge >= 0.3 is 6.09 Å². The Morgan fingerprint density at radius 3 is 2.42 bits per heavy atom. The van der Waals surface area contributed by atoms with Crippen molar-refractivity contribution in [1.29, 1.82) is 0 Å². The number of alkyl carbamates (subject to hydrolysis) is 1. The predicted molar refractivity (Wildman–Crippen MR) is 105 cm³/mol. The maximum Gasteiger partial charge on any atom is 0.408 e. The summed E-state index contributed by atoms with van der Waals surface area (Å²) in [5, 5.41) is 3.76. The van der Waals surface area contributed by atoms with Crippen LogP contribution < -0.4 is 5.32 Å². The summed E-state index contributed by atoms with van der Waals surface area (Å²) < 4.78 is 18.0. The Kier molecular flexibility index (Phi) is 7.82. The molecule has 0 bridgehead atoms. The first-order valence-corrected chi connectivity index (χ1v) is 9.20. The van der Waals surface area contributed by atoms with Gasteiger partial charge in [0, 0.05) is 7.05 Å². The second kappa shape index (κ2) is 8.98. The van der Waals surface area contributed by atoms with Gasteiger partial charge < -0.3 is 10.1 Å². The van der Waals surface area contributed by atoms with Gasteiger partial charge in [0.1, 0.15) is 5.60 Å². The molecule has 0 heterocycles. The minimum absolute atomic E-state index is 0.0583. The van der Waals surface area contributed by atoms with Gasteiger partial charge in [-0.25, -0.2) is 14.2 Å². The van der Waals surface area contributed by atoms with Crippen molar-refractivity contribution in [3.8, 4) is 0 Å². The molecule has 1 N–H and O–H groups in total. The summed E-state index contributed by atoms with van der Waals surface area (Å²) in [6, 6.07) is 6.02. The van der Waals surface area contributed by atoms with Gasteiger partial charge in [-0.3, -0.25) is 9.63 Å². The molecule has 0 aliphatic rings. The van der Waals surface area contributed by atoms with Gasteiger partial charge in [-0.15, -0.1) is 0 Å². The minimum Gasteiger partial charge on any atom is -0.444 e. The van der Waals surface area contributed by atoms with Crippen LogP contribution in [0.5, 0.6) is 0 Å². The van der Waals surface area contributed by atoms with Crippen LogP contribution in [0.15, 0.2) is 24.3 Å². The molecule has 0 saturated heterocycles. The molecule has 1 rings (SSSR count). The van der Waals surface area contributed by atoms with Crippen LogP contribution >= 0.6 is 22.6 Å². The van der Waals surface area contributed by atoms with Gasteiger partial charge in [0.15, 0.2) is 3.68 Å². The van der Waals surface area contributed by atoms with E-state index in [2.05, 4.69) is 5.32 Å². The molecule has 1 aromatic rings. The van der Waals surface area contributed by atoms with Crippen LogP contribution in [0.3, 0.4) is 0 Å². The molecule has 2 unspecified atom stereocenters. The van der Waals surface area contributed by atoms with Crippen LogP contribution in [0, 0.1) is 0 Å². The van der Waals surface area contributed by atoms with E-state index in [0.29, 0.717) is 11.1 Å². The fourth-order valence-electron chi connectivity index (χ4n) is 2.14. The van der Waals surface area contributed by atoms with Crippen LogP contribution in [0.1, 0.15) is 51.3 Å². The lowest BCUT2D eigenvalue weighted by Crippen LogP contribution is -2.37. The molecule has 146 valence electrons. The number of nitrogens with zero attached hydrogens (tertiary/aromatic N) is 1. The monoisotopic (exact) mass is 480 g/mol. The number of ether oxygens (including phenoxy) is 1. The third-order valence-corrected chi connectivity index (χ3v) is 4.11. The topological polar surface area (TPSA) is 67.9 Å². The summed E-state index contributed by atoms with van der Waals surface area (Å²) in [5.41, 5.74) is 0.370. The summed E-state index contributed by atoms with van der Waals surface area (Å²) in [5.74, 6) is -0.337. The van der Waals surface area contributed by atoms with Crippen molar-refractivity contribution in [1.82, 2.24) is 10.4 Å². The van der Waals surface area contributed by atoms with Crippen LogP contribution in [0.25, 0.3) is 0 Å². The maximum absolute atomic E-state index is 14.3. The van der Waals surface area contributed by atoms with Gasteiger partial charge in [0.25, 0.3) is 0 Å². The fourth-order valence-corrected chi connectivity index (χ4v) is 2.47. The first-order valence-electron chi connectivity index (χ1n) is 8.12. The number of benzene rings is 1. The standard InChI is InChI=1S/C18H26FIN2O4/c1-17(2,3)26-16(24)21-14(11-15(23)22(5)25-6)12-8-7-9-13(10-12)18(4,19)20/h7-10,14H,11H2,1-6H3,(H,21,24). The second-order valence-electron chi connectivity index (χ2n) is 6.99. The molecule has 2 amide bonds. The predicted octanol–water partition coefficient (Wildman–Crippen LogP) is 4.24. The molecule has 1 aromatic carbocycles. The number of nitrogens with one attached hydrogen (secondary N) is 1. The van der Waals surface area contributed by atoms with E-state index in [1.165, 1.54) is 21.1 Å². The van der Waals surface area contributed by atoms with E-state index in [1.54, 1.807) is 67.6 Å². The largest absolute Gasteiger partial charge is 0.444 e. The Labute approximate surface area is 167 Å². The van der Waals surface area contributed by atoms with E-state index < -0.39 is 21.4 Å².